The number of carbonyl (C=O) groups is 4. The van der Waals surface area contributed by atoms with Crippen LogP contribution in [0.2, 0.25) is 0 Å². The highest BCUT2D eigenvalue weighted by Gasteiger charge is 2.30. The van der Waals surface area contributed by atoms with Crippen LogP contribution in [0, 0.1) is 0 Å². The van der Waals surface area contributed by atoms with Gasteiger partial charge in [-0.15, -0.1) is 0 Å². The Morgan fingerprint density at radius 1 is 0.280 bits per heavy atom. The summed E-state index contributed by atoms with van der Waals surface area (Å²) in [5.41, 5.74) is 0. The number of allylic oxidation sites excluding steroid dienone is 8. The molecule has 0 aliphatic rings. The molecule has 0 aliphatic carbocycles. The molecule has 0 amide bonds. The van der Waals surface area contributed by atoms with E-state index in [0.717, 1.165) is 128 Å². The van der Waals surface area contributed by atoms with Crippen LogP contribution < -0.4 is 0 Å². The van der Waals surface area contributed by atoms with E-state index in [-0.39, 0.29) is 25.7 Å². The zero-order valence-corrected chi connectivity index (χ0v) is 65.9. The lowest BCUT2D eigenvalue weighted by atomic mass is 10.0. The number of aliphatic hydroxyl groups excluding tert-OH is 1. The fourth-order valence-corrected chi connectivity index (χ4v) is 13.1. The number of hydrogen-bond acceptors (Lipinski definition) is 15. The number of ether oxygens (including phenoxy) is 4. The molecule has 19 heteroatoms. The summed E-state index contributed by atoms with van der Waals surface area (Å²) in [7, 11) is -9.94. The molecule has 0 rings (SSSR count). The molecule has 0 heterocycles. The highest BCUT2D eigenvalue weighted by Crippen LogP contribution is 2.45. The smallest absolute Gasteiger partial charge is 0.462 e. The van der Waals surface area contributed by atoms with E-state index in [1.54, 1.807) is 0 Å². The Morgan fingerprint density at radius 2 is 0.490 bits per heavy atom. The number of carbonyl (C=O) groups excluding carboxylic acids is 4. The second-order valence-electron chi connectivity index (χ2n) is 27.7. The van der Waals surface area contributed by atoms with Gasteiger partial charge in [0.05, 0.1) is 26.4 Å². The van der Waals surface area contributed by atoms with Crippen molar-refractivity contribution in [3.8, 4) is 0 Å². The summed E-state index contributed by atoms with van der Waals surface area (Å²) in [6.45, 7) is 4.89. The van der Waals surface area contributed by atoms with Crippen molar-refractivity contribution in [1.29, 1.82) is 0 Å². The van der Waals surface area contributed by atoms with Crippen LogP contribution in [-0.4, -0.2) is 96.7 Å². The van der Waals surface area contributed by atoms with Gasteiger partial charge in [0.25, 0.3) is 0 Å². The molecule has 100 heavy (non-hydrogen) atoms. The van der Waals surface area contributed by atoms with E-state index in [2.05, 4.69) is 76.3 Å². The van der Waals surface area contributed by atoms with Gasteiger partial charge in [-0.05, 0) is 89.9 Å². The van der Waals surface area contributed by atoms with Crippen LogP contribution in [0.25, 0.3) is 0 Å². The van der Waals surface area contributed by atoms with E-state index >= 15 is 0 Å². The lowest BCUT2D eigenvalue weighted by molar-refractivity contribution is -0.161. The topological polar surface area (TPSA) is 237 Å². The van der Waals surface area contributed by atoms with Crippen molar-refractivity contribution in [2.75, 3.05) is 39.6 Å². The van der Waals surface area contributed by atoms with Gasteiger partial charge in [0.1, 0.15) is 19.3 Å². The average Bonchev–Trinajstić information content (AvgIpc) is 1.25. The predicted octanol–water partition coefficient (Wildman–Crippen LogP) is 23.7. The monoisotopic (exact) mass is 1460 g/mol. The van der Waals surface area contributed by atoms with Crippen LogP contribution in [0.15, 0.2) is 48.6 Å². The first-order chi connectivity index (χ1) is 48.7. The van der Waals surface area contributed by atoms with E-state index in [4.69, 9.17) is 37.0 Å². The Balaban J connectivity index is 5.33. The Morgan fingerprint density at radius 3 is 0.760 bits per heavy atom. The molecular weight excluding hydrogens is 1310 g/mol. The van der Waals surface area contributed by atoms with E-state index in [9.17, 15) is 43.2 Å². The van der Waals surface area contributed by atoms with Crippen LogP contribution >= 0.6 is 15.6 Å². The van der Waals surface area contributed by atoms with Crippen molar-refractivity contribution in [3.63, 3.8) is 0 Å². The number of unbranched alkanes of at least 4 members (excludes halogenated alkanes) is 44. The predicted molar refractivity (Wildman–Crippen MR) is 409 cm³/mol. The fraction of sp³-hybridized carbons (Fsp3) is 0.852. The second-order valence-corrected chi connectivity index (χ2v) is 30.6. The summed E-state index contributed by atoms with van der Waals surface area (Å²) in [5, 5.41) is 10.6. The van der Waals surface area contributed by atoms with Crippen molar-refractivity contribution in [1.82, 2.24) is 0 Å². The number of aliphatic hydroxyl groups is 1. The Labute approximate surface area is 610 Å². The van der Waals surface area contributed by atoms with Gasteiger partial charge in [-0.3, -0.25) is 37.3 Å². The standard InChI is InChI=1S/C81H150O17P2/c1-5-9-13-17-21-25-29-33-37-41-45-49-53-57-61-65-78(83)91-71-76(97-80(85)67-63-59-55-51-47-43-39-35-31-27-23-19-15-11-7-3)73-95-99(87,88)93-69-75(82)70-94-100(89,90)96-74-77(98-81(86)68-64-60-56-52-48-44-40-36-32-28-24-20-16-12-8-4)72-92-79(84)66-62-58-54-50-46-42-38-34-30-26-22-18-14-10-6-2/h23-24,27-28,35-36,39-40,75-77,82H,5-22,25-26,29-34,37-38,41-74H2,1-4H3,(H,87,88)(H,89,90)/b27-23-,28-24-,39-35-,40-36-/t76-,77-/m1/s1. The normalized spacial score (nSPS) is 14.1. The molecule has 0 saturated carbocycles. The van der Waals surface area contributed by atoms with Gasteiger partial charge in [-0.25, -0.2) is 9.13 Å². The van der Waals surface area contributed by atoms with Crippen molar-refractivity contribution in [2.24, 2.45) is 0 Å². The number of phosphoric ester groups is 2. The van der Waals surface area contributed by atoms with Gasteiger partial charge in [-0.1, -0.05) is 320 Å². The van der Waals surface area contributed by atoms with E-state index in [0.29, 0.717) is 25.7 Å². The van der Waals surface area contributed by atoms with Crippen molar-refractivity contribution >= 4 is 39.5 Å². The first kappa shape index (κ1) is 97.0. The molecule has 0 aromatic heterocycles. The Bertz CT molecular complexity index is 1940. The van der Waals surface area contributed by atoms with E-state index in [1.165, 1.54) is 180 Å². The molecule has 17 nitrogen and oxygen atoms in total. The van der Waals surface area contributed by atoms with Crippen LogP contribution in [-0.2, 0) is 65.4 Å². The molecule has 0 radical (unpaired) electrons. The third-order valence-corrected chi connectivity index (χ3v) is 19.7. The van der Waals surface area contributed by atoms with Crippen LogP contribution in [0.1, 0.15) is 387 Å². The maximum absolute atomic E-state index is 13.1. The molecule has 0 aromatic rings. The maximum Gasteiger partial charge on any atom is 0.472 e. The number of phosphoric acid groups is 2. The third-order valence-electron chi connectivity index (χ3n) is 17.8. The fourth-order valence-electron chi connectivity index (χ4n) is 11.5. The van der Waals surface area contributed by atoms with Crippen LogP contribution in [0.5, 0.6) is 0 Å². The van der Waals surface area contributed by atoms with Gasteiger partial charge < -0.3 is 33.8 Å². The van der Waals surface area contributed by atoms with E-state index < -0.39 is 97.5 Å². The van der Waals surface area contributed by atoms with Crippen molar-refractivity contribution < 1.29 is 80.2 Å². The number of hydrogen-bond donors (Lipinski definition) is 3. The minimum atomic E-state index is -4.97. The summed E-state index contributed by atoms with van der Waals surface area (Å²) in [6.07, 6.45) is 72.2. The first-order valence-electron chi connectivity index (χ1n) is 40.9. The first-order valence-corrected chi connectivity index (χ1v) is 43.9. The Hall–Kier alpha value is -2.98. The molecule has 586 valence electrons. The third kappa shape index (κ3) is 73.3. The maximum atomic E-state index is 13.1. The minimum Gasteiger partial charge on any atom is -0.462 e. The number of rotatable bonds is 78. The van der Waals surface area contributed by atoms with Gasteiger partial charge in [0, 0.05) is 25.7 Å². The van der Waals surface area contributed by atoms with Gasteiger partial charge in [0.2, 0.25) is 0 Å². The zero-order chi connectivity index (χ0) is 73.2. The van der Waals surface area contributed by atoms with Gasteiger partial charge in [0.15, 0.2) is 12.2 Å². The summed E-state index contributed by atoms with van der Waals surface area (Å²) in [6, 6.07) is 0. The Kier molecular flexibility index (Phi) is 72.1. The molecule has 3 N–H and O–H groups in total. The highest BCUT2D eigenvalue weighted by molar-refractivity contribution is 7.47. The molecule has 2 unspecified atom stereocenters. The molecule has 0 aliphatic heterocycles. The van der Waals surface area contributed by atoms with Gasteiger partial charge >= 0.3 is 39.5 Å². The summed E-state index contributed by atoms with van der Waals surface area (Å²) in [5.74, 6) is -2.16. The second kappa shape index (κ2) is 74.3. The lowest BCUT2D eigenvalue weighted by Crippen LogP contribution is -2.30. The average molecular weight is 1460 g/mol. The van der Waals surface area contributed by atoms with Crippen LogP contribution in [0.3, 0.4) is 0 Å². The molecule has 0 bridgehead atoms. The molecule has 4 atom stereocenters. The summed E-state index contributed by atoms with van der Waals surface area (Å²) < 4.78 is 68.7. The molecular formula is C81H150O17P2. The molecule has 0 fully saturated rings. The van der Waals surface area contributed by atoms with Crippen molar-refractivity contribution in [2.45, 2.75) is 406 Å². The molecule has 0 spiro atoms. The summed E-state index contributed by atoms with van der Waals surface area (Å²) >= 11 is 0. The number of esters is 4. The highest BCUT2D eigenvalue weighted by atomic mass is 31.2. The zero-order valence-electron chi connectivity index (χ0n) is 64.1. The van der Waals surface area contributed by atoms with Crippen molar-refractivity contribution in [3.05, 3.63) is 48.6 Å². The largest absolute Gasteiger partial charge is 0.472 e. The van der Waals surface area contributed by atoms with E-state index in [1.807, 2.05) is 0 Å². The minimum absolute atomic E-state index is 0.0852. The lowest BCUT2D eigenvalue weighted by Gasteiger charge is -2.21. The quantitative estimate of drug-likeness (QED) is 0.0169. The molecule has 0 saturated heterocycles. The van der Waals surface area contributed by atoms with Crippen LogP contribution in [0.4, 0.5) is 0 Å². The summed E-state index contributed by atoms with van der Waals surface area (Å²) in [4.78, 5) is 73.0. The SMILES string of the molecule is CCCCC/C=C\C/C=C\CCCCCCCC(=O)O[C@H](COC(=O)CCCCCCCCCCCCCCCCC)COP(=O)(O)OCC(O)COP(=O)(O)OC[C@@H](COC(=O)CCCCCCCCCCCCCCCCC)OC(=O)CCCCCCC/C=C\C/C=C\CCCCC. The molecule has 0 aromatic carbocycles. The van der Waals surface area contributed by atoms with Gasteiger partial charge in [-0.2, -0.15) is 0 Å².